The van der Waals surface area contributed by atoms with Gasteiger partial charge in [0.05, 0.1) is 19.3 Å². The molecule has 0 unspecified atom stereocenters. The Morgan fingerprint density at radius 3 is 2.23 bits per heavy atom. The first-order valence-corrected chi connectivity index (χ1v) is 7.25. The number of Topliss-reactive ketones (excluding diaryl/α,β-unsaturated/α-hetero) is 1. The molecule has 1 aliphatic heterocycles. The van der Waals surface area contributed by atoms with E-state index in [0.29, 0.717) is 0 Å². The number of ether oxygens (including phenoxy) is 3. The van der Waals surface area contributed by atoms with E-state index in [1.54, 1.807) is 20.8 Å². The molecule has 1 saturated carbocycles. The standard InChI is InChI=1S/C14H19NO7/c1-4-20-8-7-13(11(18)21-5-2)9(16)10(17)15-14(8,13)12(19)22-6-3/h8H,4-7H2,1-3H3,(H,15,17)/t8-,13-,14+/m1/s1. The summed E-state index contributed by atoms with van der Waals surface area (Å²) < 4.78 is 15.4. The van der Waals surface area contributed by atoms with Crippen molar-refractivity contribution in [1.29, 1.82) is 0 Å². The van der Waals surface area contributed by atoms with Gasteiger partial charge in [-0.15, -0.1) is 0 Å². The number of ketones is 1. The van der Waals surface area contributed by atoms with E-state index in [0.717, 1.165) is 0 Å². The molecule has 8 heteroatoms. The van der Waals surface area contributed by atoms with E-state index in [2.05, 4.69) is 5.32 Å². The molecule has 1 aliphatic carbocycles. The lowest BCUT2D eigenvalue weighted by atomic mass is 9.52. The molecule has 0 spiro atoms. The third kappa shape index (κ3) is 1.79. The van der Waals surface area contributed by atoms with Crippen molar-refractivity contribution in [2.45, 2.75) is 38.8 Å². The Morgan fingerprint density at radius 1 is 1.09 bits per heavy atom. The van der Waals surface area contributed by atoms with Gasteiger partial charge in [-0.25, -0.2) is 4.79 Å². The van der Waals surface area contributed by atoms with Crippen LogP contribution in [-0.2, 0) is 33.4 Å². The lowest BCUT2D eigenvalue weighted by Crippen LogP contribution is -2.78. The van der Waals surface area contributed by atoms with Crippen molar-refractivity contribution in [3.8, 4) is 0 Å². The van der Waals surface area contributed by atoms with Crippen LogP contribution in [0.4, 0.5) is 0 Å². The molecular weight excluding hydrogens is 294 g/mol. The van der Waals surface area contributed by atoms with Crippen molar-refractivity contribution in [2.24, 2.45) is 5.41 Å². The summed E-state index contributed by atoms with van der Waals surface area (Å²) in [6.07, 6.45) is -0.896. The summed E-state index contributed by atoms with van der Waals surface area (Å²) in [6.45, 7) is 5.21. The number of hydrogen-bond acceptors (Lipinski definition) is 7. The Morgan fingerprint density at radius 2 is 1.68 bits per heavy atom. The first kappa shape index (κ1) is 16.4. The molecule has 1 saturated heterocycles. The summed E-state index contributed by atoms with van der Waals surface area (Å²) >= 11 is 0. The van der Waals surface area contributed by atoms with Crippen molar-refractivity contribution in [2.75, 3.05) is 19.8 Å². The van der Waals surface area contributed by atoms with Gasteiger partial charge in [0.15, 0.2) is 11.0 Å². The lowest BCUT2D eigenvalue weighted by Gasteiger charge is -2.53. The van der Waals surface area contributed by atoms with Crippen LogP contribution >= 0.6 is 0 Å². The highest BCUT2D eigenvalue weighted by Gasteiger charge is 2.84. The van der Waals surface area contributed by atoms with E-state index in [1.165, 1.54) is 0 Å². The predicted molar refractivity (Wildman–Crippen MR) is 71.6 cm³/mol. The van der Waals surface area contributed by atoms with Crippen molar-refractivity contribution in [3.63, 3.8) is 0 Å². The summed E-state index contributed by atoms with van der Waals surface area (Å²) in [7, 11) is 0. The fourth-order valence-corrected chi connectivity index (χ4v) is 3.20. The maximum Gasteiger partial charge on any atom is 0.336 e. The topological polar surface area (TPSA) is 108 Å². The van der Waals surface area contributed by atoms with E-state index >= 15 is 0 Å². The lowest BCUT2D eigenvalue weighted by molar-refractivity contribution is -0.208. The van der Waals surface area contributed by atoms with Crippen LogP contribution in [0.2, 0.25) is 0 Å². The van der Waals surface area contributed by atoms with Gasteiger partial charge >= 0.3 is 11.9 Å². The highest BCUT2D eigenvalue weighted by molar-refractivity contribution is 6.47. The minimum absolute atomic E-state index is 0.0280. The maximum atomic E-state index is 12.4. The number of carbonyl (C=O) groups excluding carboxylic acids is 4. The molecule has 8 nitrogen and oxygen atoms in total. The summed E-state index contributed by atoms with van der Waals surface area (Å²) in [5.74, 6) is -3.73. The van der Waals surface area contributed by atoms with Crippen molar-refractivity contribution >= 4 is 23.6 Å². The number of nitrogens with one attached hydrogen (secondary N) is 1. The summed E-state index contributed by atoms with van der Waals surface area (Å²) in [5, 5.41) is 2.33. The second-order valence-corrected chi connectivity index (χ2v) is 5.09. The van der Waals surface area contributed by atoms with Gasteiger partial charge in [0, 0.05) is 13.0 Å². The Hall–Kier alpha value is -1.96. The predicted octanol–water partition coefficient (Wildman–Crippen LogP) is -0.654. The van der Waals surface area contributed by atoms with E-state index in [9.17, 15) is 19.2 Å². The van der Waals surface area contributed by atoms with Crippen LogP contribution in [0.25, 0.3) is 0 Å². The van der Waals surface area contributed by atoms with Gasteiger partial charge in [-0.05, 0) is 20.8 Å². The second kappa shape index (κ2) is 5.68. The molecule has 2 aliphatic rings. The molecule has 0 aromatic carbocycles. The fraction of sp³-hybridized carbons (Fsp3) is 0.714. The Kier molecular flexibility index (Phi) is 4.23. The number of carbonyl (C=O) groups is 4. The van der Waals surface area contributed by atoms with Crippen LogP contribution in [0.5, 0.6) is 0 Å². The quantitative estimate of drug-likeness (QED) is 0.394. The molecule has 0 aromatic heterocycles. The Labute approximate surface area is 127 Å². The maximum absolute atomic E-state index is 12.4. The zero-order chi connectivity index (χ0) is 16.5. The highest BCUT2D eigenvalue weighted by atomic mass is 16.6. The SMILES string of the molecule is CCOC(=O)[C@]12C[C@@H](OCC)[C@@]1(C(=O)OCC)NC(=O)C2=O. The normalized spacial score (nSPS) is 32.8. The monoisotopic (exact) mass is 313 g/mol. The van der Waals surface area contributed by atoms with E-state index in [1.807, 2.05) is 0 Å². The van der Waals surface area contributed by atoms with Gasteiger partial charge in [-0.1, -0.05) is 0 Å². The molecule has 0 aromatic rings. The summed E-state index contributed by atoms with van der Waals surface area (Å²) in [4.78, 5) is 49.0. The molecule has 0 radical (unpaired) electrons. The summed E-state index contributed by atoms with van der Waals surface area (Å²) in [5.41, 5.74) is -3.73. The molecule has 122 valence electrons. The first-order chi connectivity index (χ1) is 10.4. The summed E-state index contributed by atoms with van der Waals surface area (Å²) in [6, 6.07) is 0. The van der Waals surface area contributed by atoms with Crippen molar-refractivity contribution in [1.82, 2.24) is 5.32 Å². The van der Waals surface area contributed by atoms with Crippen LogP contribution in [0, 0.1) is 5.41 Å². The van der Waals surface area contributed by atoms with E-state index < -0.39 is 40.7 Å². The van der Waals surface area contributed by atoms with E-state index in [4.69, 9.17) is 14.2 Å². The molecule has 2 fully saturated rings. The zero-order valence-electron chi connectivity index (χ0n) is 12.8. The third-order valence-corrected chi connectivity index (χ3v) is 4.14. The smallest absolute Gasteiger partial charge is 0.336 e. The molecule has 3 atom stereocenters. The van der Waals surface area contributed by atoms with E-state index in [-0.39, 0.29) is 26.2 Å². The Bertz CT molecular complexity index is 531. The molecular formula is C14H19NO7. The number of hydrogen-bond donors (Lipinski definition) is 1. The van der Waals surface area contributed by atoms with Gasteiger partial charge in [-0.3, -0.25) is 14.4 Å². The molecule has 1 heterocycles. The minimum atomic E-state index is -1.90. The molecule has 0 bridgehead atoms. The third-order valence-electron chi connectivity index (χ3n) is 4.14. The number of esters is 2. The minimum Gasteiger partial charge on any atom is -0.465 e. The number of rotatable bonds is 6. The van der Waals surface area contributed by atoms with Gasteiger partial charge < -0.3 is 19.5 Å². The molecule has 1 N–H and O–H groups in total. The number of fused-ring (bicyclic) bond motifs is 1. The van der Waals surface area contributed by atoms with Crippen LogP contribution in [0.1, 0.15) is 27.2 Å². The highest BCUT2D eigenvalue weighted by Crippen LogP contribution is 2.57. The first-order valence-electron chi connectivity index (χ1n) is 7.25. The second-order valence-electron chi connectivity index (χ2n) is 5.09. The van der Waals surface area contributed by atoms with Gasteiger partial charge in [0.2, 0.25) is 5.78 Å². The van der Waals surface area contributed by atoms with Crippen LogP contribution < -0.4 is 5.32 Å². The van der Waals surface area contributed by atoms with Gasteiger partial charge in [0.25, 0.3) is 5.91 Å². The van der Waals surface area contributed by atoms with Crippen LogP contribution in [0.15, 0.2) is 0 Å². The van der Waals surface area contributed by atoms with Gasteiger partial charge in [0.1, 0.15) is 0 Å². The number of amides is 1. The zero-order valence-corrected chi connectivity index (χ0v) is 12.8. The van der Waals surface area contributed by atoms with Gasteiger partial charge in [-0.2, -0.15) is 0 Å². The van der Waals surface area contributed by atoms with Crippen molar-refractivity contribution < 1.29 is 33.4 Å². The average molecular weight is 313 g/mol. The van der Waals surface area contributed by atoms with Crippen molar-refractivity contribution in [3.05, 3.63) is 0 Å². The van der Waals surface area contributed by atoms with Crippen LogP contribution in [0.3, 0.4) is 0 Å². The molecule has 22 heavy (non-hydrogen) atoms. The van der Waals surface area contributed by atoms with Crippen LogP contribution in [-0.4, -0.2) is 55.1 Å². The largest absolute Gasteiger partial charge is 0.465 e. The molecule has 2 rings (SSSR count). The molecule has 1 amide bonds. The fourth-order valence-electron chi connectivity index (χ4n) is 3.20. The average Bonchev–Trinajstić information content (AvgIpc) is 2.64. The Balaban J connectivity index is 2.51.